The molecule has 24 heavy (non-hydrogen) atoms. The van der Waals surface area contributed by atoms with Gasteiger partial charge in [0.1, 0.15) is 0 Å². The number of sulfonamides is 1. The van der Waals surface area contributed by atoms with Gasteiger partial charge >= 0.3 is 0 Å². The summed E-state index contributed by atoms with van der Waals surface area (Å²) in [5.74, 6) is -0.117. The summed E-state index contributed by atoms with van der Waals surface area (Å²) in [6.45, 7) is 3.91. The number of hydrogen-bond donors (Lipinski definition) is 1. The van der Waals surface area contributed by atoms with Gasteiger partial charge in [-0.3, -0.25) is 4.79 Å². The van der Waals surface area contributed by atoms with Crippen molar-refractivity contribution in [2.75, 3.05) is 60.4 Å². The summed E-state index contributed by atoms with van der Waals surface area (Å²) in [6, 6.07) is 6.25. The highest BCUT2D eigenvalue weighted by Crippen LogP contribution is 2.14. The molecule has 2 rings (SSSR count). The molecule has 1 saturated heterocycles. The van der Waals surface area contributed by atoms with Gasteiger partial charge in [-0.1, -0.05) is 6.07 Å². The van der Waals surface area contributed by atoms with Gasteiger partial charge in [0.2, 0.25) is 10.0 Å². The molecule has 1 aromatic carbocycles. The van der Waals surface area contributed by atoms with Crippen LogP contribution in [0.1, 0.15) is 10.4 Å². The van der Waals surface area contributed by atoms with E-state index in [0.29, 0.717) is 31.7 Å². The molecule has 0 aliphatic carbocycles. The maximum atomic E-state index is 12.6. The molecule has 0 spiro atoms. The van der Waals surface area contributed by atoms with Crippen LogP contribution in [-0.2, 0) is 10.0 Å². The average Bonchev–Trinajstić information content (AvgIpc) is 2.54. The lowest BCUT2D eigenvalue weighted by Crippen LogP contribution is -2.47. The standard InChI is InChI=1S/C16H26N4O3S/c1-18(2)8-7-17-24(22,23)15-6-4-5-14(13-15)16(21)20-11-9-19(3)10-12-20/h4-6,13,17H,7-12H2,1-3H3. The first kappa shape index (κ1) is 18.9. The maximum absolute atomic E-state index is 12.6. The largest absolute Gasteiger partial charge is 0.336 e. The summed E-state index contributed by atoms with van der Waals surface area (Å²) < 4.78 is 27.3. The fourth-order valence-corrected chi connectivity index (χ4v) is 3.54. The lowest BCUT2D eigenvalue weighted by Gasteiger charge is -2.32. The molecule has 134 valence electrons. The number of nitrogens with one attached hydrogen (secondary N) is 1. The van der Waals surface area contributed by atoms with E-state index in [0.717, 1.165) is 13.1 Å². The van der Waals surface area contributed by atoms with Crippen molar-refractivity contribution in [3.63, 3.8) is 0 Å². The lowest BCUT2D eigenvalue weighted by molar-refractivity contribution is 0.0664. The number of carbonyl (C=O) groups excluding carboxylic acids is 1. The molecule has 1 aliphatic heterocycles. The Bertz CT molecular complexity index is 668. The maximum Gasteiger partial charge on any atom is 0.253 e. The second kappa shape index (κ2) is 8.06. The van der Waals surface area contributed by atoms with Gasteiger partial charge in [-0.25, -0.2) is 13.1 Å². The molecule has 0 saturated carbocycles. The number of amides is 1. The predicted molar refractivity (Wildman–Crippen MR) is 93.6 cm³/mol. The molecular formula is C16H26N4O3S. The molecule has 1 aromatic rings. The smallest absolute Gasteiger partial charge is 0.253 e. The number of likely N-dealkylation sites (N-methyl/N-ethyl adjacent to an activating group) is 2. The van der Waals surface area contributed by atoms with E-state index in [-0.39, 0.29) is 10.8 Å². The normalized spacial score (nSPS) is 16.6. The highest BCUT2D eigenvalue weighted by Gasteiger charge is 2.22. The van der Waals surface area contributed by atoms with Crippen molar-refractivity contribution in [1.29, 1.82) is 0 Å². The minimum atomic E-state index is -3.61. The molecule has 0 bridgehead atoms. The highest BCUT2D eigenvalue weighted by molar-refractivity contribution is 7.89. The molecule has 1 aliphatic rings. The minimum absolute atomic E-state index is 0.117. The Labute approximate surface area is 144 Å². The second-order valence-corrected chi connectivity index (χ2v) is 8.09. The number of benzene rings is 1. The monoisotopic (exact) mass is 354 g/mol. The van der Waals surface area contributed by atoms with E-state index in [1.165, 1.54) is 12.1 Å². The molecule has 1 heterocycles. The molecule has 1 amide bonds. The Morgan fingerprint density at radius 2 is 1.88 bits per heavy atom. The molecule has 1 fully saturated rings. The zero-order chi connectivity index (χ0) is 17.7. The Balaban J connectivity index is 2.09. The van der Waals surface area contributed by atoms with Gasteiger partial charge in [0.05, 0.1) is 4.90 Å². The first-order valence-corrected chi connectivity index (χ1v) is 9.50. The summed E-state index contributed by atoms with van der Waals surface area (Å²) >= 11 is 0. The third-order valence-corrected chi connectivity index (χ3v) is 5.49. The number of piperazine rings is 1. The van der Waals surface area contributed by atoms with Gasteiger partial charge in [0.25, 0.3) is 5.91 Å². The SMILES string of the molecule is CN(C)CCNS(=O)(=O)c1cccc(C(=O)N2CCN(C)CC2)c1. The van der Waals surface area contributed by atoms with E-state index in [1.54, 1.807) is 17.0 Å². The summed E-state index contributed by atoms with van der Waals surface area (Å²) in [7, 11) is 2.17. The summed E-state index contributed by atoms with van der Waals surface area (Å²) in [5.41, 5.74) is 0.412. The van der Waals surface area contributed by atoms with Gasteiger partial charge in [0.15, 0.2) is 0 Å². The average molecular weight is 354 g/mol. The van der Waals surface area contributed by atoms with Crippen LogP contribution >= 0.6 is 0 Å². The van der Waals surface area contributed by atoms with Crippen molar-refractivity contribution in [3.05, 3.63) is 29.8 Å². The zero-order valence-corrected chi connectivity index (χ0v) is 15.3. The van der Waals surface area contributed by atoms with Crippen LogP contribution < -0.4 is 4.72 Å². The van der Waals surface area contributed by atoms with Crippen molar-refractivity contribution >= 4 is 15.9 Å². The predicted octanol–water partition coefficient (Wildman–Crippen LogP) is -0.0859. The van der Waals surface area contributed by atoms with Gasteiger partial charge in [-0.05, 0) is 39.3 Å². The molecule has 8 heteroatoms. The van der Waals surface area contributed by atoms with Crippen molar-refractivity contribution in [3.8, 4) is 0 Å². The van der Waals surface area contributed by atoms with Crippen molar-refractivity contribution in [1.82, 2.24) is 19.4 Å². The van der Waals surface area contributed by atoms with E-state index >= 15 is 0 Å². The minimum Gasteiger partial charge on any atom is -0.336 e. The van der Waals surface area contributed by atoms with Crippen molar-refractivity contribution in [2.45, 2.75) is 4.90 Å². The molecule has 1 N–H and O–H groups in total. The van der Waals surface area contributed by atoms with Crippen LogP contribution in [0.15, 0.2) is 29.2 Å². The van der Waals surface area contributed by atoms with Gasteiger partial charge in [0, 0.05) is 44.8 Å². The highest BCUT2D eigenvalue weighted by atomic mass is 32.2. The Morgan fingerprint density at radius 1 is 1.21 bits per heavy atom. The first-order chi connectivity index (χ1) is 11.3. The Hall–Kier alpha value is -1.48. The topological polar surface area (TPSA) is 73.0 Å². The molecule has 7 nitrogen and oxygen atoms in total. The van der Waals surface area contributed by atoms with Crippen LogP contribution in [0.3, 0.4) is 0 Å². The van der Waals surface area contributed by atoms with Crippen LogP contribution in [0.4, 0.5) is 0 Å². The summed E-state index contributed by atoms with van der Waals surface area (Å²) in [6.07, 6.45) is 0. The Morgan fingerprint density at radius 3 is 2.50 bits per heavy atom. The quantitative estimate of drug-likeness (QED) is 0.773. The third-order valence-electron chi connectivity index (χ3n) is 4.03. The third kappa shape index (κ3) is 5.01. The van der Waals surface area contributed by atoms with E-state index < -0.39 is 10.0 Å². The molecule has 0 unspecified atom stereocenters. The van der Waals surface area contributed by atoms with E-state index in [9.17, 15) is 13.2 Å². The van der Waals surface area contributed by atoms with Crippen molar-refractivity contribution < 1.29 is 13.2 Å². The summed E-state index contributed by atoms with van der Waals surface area (Å²) in [5, 5.41) is 0. The number of nitrogens with zero attached hydrogens (tertiary/aromatic N) is 3. The van der Waals surface area contributed by atoms with Gasteiger partial charge < -0.3 is 14.7 Å². The second-order valence-electron chi connectivity index (χ2n) is 6.32. The van der Waals surface area contributed by atoms with E-state index in [4.69, 9.17) is 0 Å². The van der Waals surface area contributed by atoms with Gasteiger partial charge in [-0.15, -0.1) is 0 Å². The number of hydrogen-bond acceptors (Lipinski definition) is 5. The Kier molecular flexibility index (Phi) is 6.34. The summed E-state index contributed by atoms with van der Waals surface area (Å²) in [4.78, 5) is 18.5. The molecule has 0 radical (unpaired) electrons. The fourth-order valence-electron chi connectivity index (χ4n) is 2.48. The van der Waals surface area contributed by atoms with E-state index in [1.807, 2.05) is 26.0 Å². The van der Waals surface area contributed by atoms with Crippen LogP contribution in [0.2, 0.25) is 0 Å². The van der Waals surface area contributed by atoms with E-state index in [2.05, 4.69) is 9.62 Å². The lowest BCUT2D eigenvalue weighted by atomic mass is 10.2. The van der Waals surface area contributed by atoms with Crippen LogP contribution in [-0.4, -0.2) is 89.4 Å². The van der Waals surface area contributed by atoms with Crippen LogP contribution in [0.5, 0.6) is 0 Å². The number of rotatable bonds is 6. The fraction of sp³-hybridized carbons (Fsp3) is 0.562. The number of carbonyl (C=O) groups is 1. The zero-order valence-electron chi connectivity index (χ0n) is 14.5. The van der Waals surface area contributed by atoms with Crippen LogP contribution in [0.25, 0.3) is 0 Å². The molecular weight excluding hydrogens is 328 g/mol. The van der Waals surface area contributed by atoms with Gasteiger partial charge in [-0.2, -0.15) is 0 Å². The molecule has 0 aromatic heterocycles. The van der Waals surface area contributed by atoms with Crippen molar-refractivity contribution in [2.24, 2.45) is 0 Å². The molecule has 0 atom stereocenters. The van der Waals surface area contributed by atoms with Crippen LogP contribution in [0, 0.1) is 0 Å². The first-order valence-electron chi connectivity index (χ1n) is 8.02.